The fraction of sp³-hybridized carbons (Fsp3) is 0.0909. The molecule has 3 heterocycles. The summed E-state index contributed by atoms with van der Waals surface area (Å²) in [4.78, 5) is 4.67. The molecule has 5 rings (SSSR count). The number of halogens is 2. The number of thiazole rings is 1. The van der Waals surface area contributed by atoms with Crippen molar-refractivity contribution in [1.82, 2.24) is 24.8 Å². The number of nitrogens with zero attached hydrogens (tertiary/aromatic N) is 5. The SMILES string of the molecule is COCc1nn2c(N)c(-c3nc(-c4ccc(Cl)cc4)cs3)nnc2c1-c1ccc(F)cc1. The van der Waals surface area contributed by atoms with Gasteiger partial charge in [0, 0.05) is 23.1 Å². The standard InChI is InChI=1S/C22H16ClFN6OS/c1-31-10-16-18(13-4-8-15(24)9-5-13)21-28-27-19(20(25)30(21)29-16)22-26-17(11-32-22)12-2-6-14(23)7-3-12/h2-9,11H,10,25H2,1H3. The van der Waals surface area contributed by atoms with Gasteiger partial charge in [-0.05, 0) is 29.8 Å². The number of hydrogen-bond acceptors (Lipinski definition) is 7. The molecule has 32 heavy (non-hydrogen) atoms. The molecule has 0 aliphatic carbocycles. The Balaban J connectivity index is 1.62. The Morgan fingerprint density at radius 2 is 1.78 bits per heavy atom. The molecule has 0 fully saturated rings. The molecule has 2 aromatic carbocycles. The van der Waals surface area contributed by atoms with Gasteiger partial charge in [-0.1, -0.05) is 35.9 Å². The zero-order valence-corrected chi connectivity index (χ0v) is 18.4. The van der Waals surface area contributed by atoms with Gasteiger partial charge in [0.1, 0.15) is 10.8 Å². The van der Waals surface area contributed by atoms with Crippen LogP contribution in [0.2, 0.25) is 5.02 Å². The molecule has 0 aliphatic rings. The summed E-state index contributed by atoms with van der Waals surface area (Å²) in [5.74, 6) is -0.0237. The van der Waals surface area contributed by atoms with Gasteiger partial charge >= 0.3 is 0 Å². The van der Waals surface area contributed by atoms with Crippen molar-refractivity contribution in [3.63, 3.8) is 0 Å². The van der Waals surface area contributed by atoms with Gasteiger partial charge in [0.2, 0.25) is 0 Å². The Morgan fingerprint density at radius 1 is 1.06 bits per heavy atom. The lowest BCUT2D eigenvalue weighted by molar-refractivity contribution is 0.181. The quantitative estimate of drug-likeness (QED) is 0.387. The second-order valence-electron chi connectivity index (χ2n) is 6.98. The first-order chi connectivity index (χ1) is 15.5. The Kier molecular flexibility index (Phi) is 5.30. The first-order valence-corrected chi connectivity index (χ1v) is 10.8. The number of fused-ring (bicyclic) bond motifs is 1. The summed E-state index contributed by atoms with van der Waals surface area (Å²) in [5.41, 5.74) is 11.1. The van der Waals surface area contributed by atoms with Crippen LogP contribution in [0.5, 0.6) is 0 Å². The summed E-state index contributed by atoms with van der Waals surface area (Å²) >= 11 is 7.39. The Morgan fingerprint density at radius 3 is 2.50 bits per heavy atom. The molecular formula is C22H16ClFN6OS. The topological polar surface area (TPSA) is 91.2 Å². The van der Waals surface area contributed by atoms with Crippen LogP contribution in [0.4, 0.5) is 10.2 Å². The summed E-state index contributed by atoms with van der Waals surface area (Å²) in [6.45, 7) is 0.239. The van der Waals surface area contributed by atoms with E-state index in [1.165, 1.54) is 28.0 Å². The van der Waals surface area contributed by atoms with E-state index in [9.17, 15) is 4.39 Å². The Labute approximate surface area is 191 Å². The number of anilines is 1. The third-order valence-corrected chi connectivity index (χ3v) is 6.01. The molecule has 0 spiro atoms. The van der Waals surface area contributed by atoms with Crippen LogP contribution >= 0.6 is 22.9 Å². The van der Waals surface area contributed by atoms with E-state index in [-0.39, 0.29) is 12.4 Å². The highest BCUT2D eigenvalue weighted by molar-refractivity contribution is 7.13. The van der Waals surface area contributed by atoms with Crippen LogP contribution in [-0.4, -0.2) is 31.9 Å². The van der Waals surface area contributed by atoms with Crippen LogP contribution in [0.25, 0.3) is 38.7 Å². The predicted molar refractivity (Wildman–Crippen MR) is 123 cm³/mol. The molecule has 2 N–H and O–H groups in total. The van der Waals surface area contributed by atoms with Crippen LogP contribution in [0.15, 0.2) is 53.9 Å². The van der Waals surface area contributed by atoms with Gasteiger partial charge in [0.25, 0.3) is 0 Å². The molecule has 5 aromatic rings. The van der Waals surface area contributed by atoms with Crippen molar-refractivity contribution in [2.75, 3.05) is 12.8 Å². The monoisotopic (exact) mass is 466 g/mol. The zero-order chi connectivity index (χ0) is 22.2. The van der Waals surface area contributed by atoms with E-state index in [4.69, 9.17) is 22.1 Å². The van der Waals surface area contributed by atoms with Crippen molar-refractivity contribution in [3.8, 4) is 33.1 Å². The third-order valence-electron chi connectivity index (χ3n) is 4.91. The molecular weight excluding hydrogens is 451 g/mol. The highest BCUT2D eigenvalue weighted by atomic mass is 35.5. The summed E-state index contributed by atoms with van der Waals surface area (Å²) in [6.07, 6.45) is 0. The second-order valence-corrected chi connectivity index (χ2v) is 8.27. The number of hydrogen-bond donors (Lipinski definition) is 1. The first kappa shape index (κ1) is 20.5. The van der Waals surface area contributed by atoms with Crippen LogP contribution in [0.1, 0.15) is 5.69 Å². The third kappa shape index (κ3) is 3.60. The largest absolute Gasteiger partial charge is 0.382 e. The number of nitrogens with two attached hydrogens (primary N) is 1. The van der Waals surface area contributed by atoms with E-state index in [0.717, 1.165) is 16.8 Å². The molecule has 0 aliphatic heterocycles. The van der Waals surface area contributed by atoms with E-state index in [2.05, 4.69) is 20.3 Å². The van der Waals surface area contributed by atoms with Gasteiger partial charge < -0.3 is 10.5 Å². The van der Waals surface area contributed by atoms with Crippen LogP contribution in [0.3, 0.4) is 0 Å². The molecule has 7 nitrogen and oxygen atoms in total. The lowest BCUT2D eigenvalue weighted by atomic mass is 10.1. The van der Waals surface area contributed by atoms with E-state index in [1.54, 1.807) is 19.2 Å². The van der Waals surface area contributed by atoms with Gasteiger partial charge in [-0.25, -0.2) is 9.37 Å². The highest BCUT2D eigenvalue weighted by Crippen LogP contribution is 2.34. The van der Waals surface area contributed by atoms with Crippen molar-refractivity contribution in [2.24, 2.45) is 0 Å². The zero-order valence-electron chi connectivity index (χ0n) is 16.8. The van der Waals surface area contributed by atoms with E-state index in [0.29, 0.717) is 38.4 Å². The minimum absolute atomic E-state index is 0.239. The van der Waals surface area contributed by atoms with Crippen molar-refractivity contribution in [1.29, 1.82) is 0 Å². The van der Waals surface area contributed by atoms with Crippen LogP contribution in [0, 0.1) is 5.82 Å². The fourth-order valence-electron chi connectivity index (χ4n) is 3.40. The molecule has 0 atom stereocenters. The molecule has 160 valence electrons. The molecule has 0 saturated heterocycles. The second kappa shape index (κ2) is 8.27. The van der Waals surface area contributed by atoms with Gasteiger partial charge in [-0.2, -0.15) is 9.61 Å². The molecule has 0 saturated carbocycles. The van der Waals surface area contributed by atoms with Crippen molar-refractivity contribution in [2.45, 2.75) is 6.61 Å². The van der Waals surface area contributed by atoms with E-state index < -0.39 is 0 Å². The lowest BCUT2D eigenvalue weighted by Gasteiger charge is -2.04. The summed E-state index contributed by atoms with van der Waals surface area (Å²) < 4.78 is 20.3. The van der Waals surface area contributed by atoms with Crippen molar-refractivity contribution >= 4 is 34.4 Å². The fourth-order valence-corrected chi connectivity index (χ4v) is 4.35. The normalized spacial score (nSPS) is 11.3. The molecule has 0 unspecified atom stereocenters. The van der Waals surface area contributed by atoms with E-state index >= 15 is 0 Å². The van der Waals surface area contributed by atoms with Crippen LogP contribution < -0.4 is 5.73 Å². The number of methoxy groups -OCH3 is 1. The smallest absolute Gasteiger partial charge is 0.187 e. The summed E-state index contributed by atoms with van der Waals surface area (Å²) in [6, 6.07) is 13.5. The lowest BCUT2D eigenvalue weighted by Crippen LogP contribution is -2.05. The Hall–Kier alpha value is -3.40. The number of aromatic nitrogens is 5. The predicted octanol–water partition coefficient (Wildman–Crippen LogP) is 5.10. The van der Waals surface area contributed by atoms with Crippen molar-refractivity contribution in [3.05, 3.63) is 70.4 Å². The summed E-state index contributed by atoms with van der Waals surface area (Å²) in [5, 5.41) is 16.5. The van der Waals surface area contributed by atoms with Crippen LogP contribution in [-0.2, 0) is 11.3 Å². The average Bonchev–Trinajstić information content (AvgIpc) is 3.41. The van der Waals surface area contributed by atoms with Gasteiger partial charge in [-0.15, -0.1) is 21.5 Å². The summed E-state index contributed by atoms with van der Waals surface area (Å²) in [7, 11) is 1.58. The molecule has 0 amide bonds. The maximum absolute atomic E-state index is 13.4. The molecule has 10 heteroatoms. The number of rotatable bonds is 5. The number of benzene rings is 2. The molecule has 0 bridgehead atoms. The van der Waals surface area contributed by atoms with E-state index in [1.807, 2.05) is 29.6 Å². The van der Waals surface area contributed by atoms with Gasteiger partial charge in [0.15, 0.2) is 17.2 Å². The van der Waals surface area contributed by atoms with Crippen molar-refractivity contribution < 1.29 is 9.13 Å². The molecule has 3 aromatic heterocycles. The number of ether oxygens (including phenoxy) is 1. The Bertz CT molecular complexity index is 1420. The van der Waals surface area contributed by atoms with Gasteiger partial charge in [-0.3, -0.25) is 0 Å². The number of nitrogen functional groups attached to an aromatic ring is 1. The first-order valence-electron chi connectivity index (χ1n) is 9.55. The highest BCUT2D eigenvalue weighted by Gasteiger charge is 2.21. The minimum atomic E-state index is -0.327. The maximum atomic E-state index is 13.4. The van der Waals surface area contributed by atoms with Gasteiger partial charge in [0.05, 0.1) is 23.6 Å². The molecule has 0 radical (unpaired) electrons. The minimum Gasteiger partial charge on any atom is -0.382 e. The maximum Gasteiger partial charge on any atom is 0.187 e. The average molecular weight is 467 g/mol.